The van der Waals surface area contributed by atoms with Gasteiger partial charge in [-0.05, 0) is 12.1 Å². The van der Waals surface area contributed by atoms with E-state index in [1.807, 2.05) is 25.2 Å². The molecule has 0 aliphatic rings. The van der Waals surface area contributed by atoms with E-state index in [9.17, 15) is 4.79 Å². The fraction of sp³-hybridized carbons (Fsp3) is 0.0667. The van der Waals surface area contributed by atoms with E-state index in [0.717, 1.165) is 17.4 Å². The van der Waals surface area contributed by atoms with E-state index in [1.54, 1.807) is 12.4 Å². The monoisotopic (exact) mass is 236 g/mol. The number of aldehydes is 1. The summed E-state index contributed by atoms with van der Waals surface area (Å²) >= 11 is 0. The Balaban J connectivity index is 2.28. The van der Waals surface area contributed by atoms with Gasteiger partial charge in [0, 0.05) is 53.2 Å². The van der Waals surface area contributed by atoms with E-state index < -0.39 is 0 Å². The summed E-state index contributed by atoms with van der Waals surface area (Å²) in [6.45, 7) is 0. The molecule has 3 rings (SSSR count). The maximum Gasteiger partial charge on any atom is 0.151 e. The van der Waals surface area contributed by atoms with Crippen molar-refractivity contribution in [3.63, 3.8) is 0 Å². The fourth-order valence-electron chi connectivity index (χ4n) is 2.24. The minimum Gasteiger partial charge on any atom is -0.350 e. The van der Waals surface area contributed by atoms with Crippen molar-refractivity contribution < 1.29 is 4.79 Å². The molecular weight excluding hydrogens is 224 g/mol. The Labute approximate surface area is 105 Å². The van der Waals surface area contributed by atoms with Gasteiger partial charge in [0.15, 0.2) is 6.29 Å². The average molecular weight is 236 g/mol. The number of fused-ring (bicyclic) bond motifs is 1. The van der Waals surface area contributed by atoms with Crippen molar-refractivity contribution in [2.75, 3.05) is 0 Å². The van der Waals surface area contributed by atoms with Gasteiger partial charge in [-0.15, -0.1) is 0 Å². The minimum atomic E-state index is 0.598. The molecule has 0 atom stereocenters. The second kappa shape index (κ2) is 4.11. The molecule has 2 heterocycles. The van der Waals surface area contributed by atoms with Gasteiger partial charge in [-0.1, -0.05) is 18.2 Å². The van der Waals surface area contributed by atoms with Crippen molar-refractivity contribution in [3.05, 3.63) is 54.5 Å². The highest BCUT2D eigenvalue weighted by Crippen LogP contribution is 2.29. The van der Waals surface area contributed by atoms with Crippen molar-refractivity contribution in [1.82, 2.24) is 9.55 Å². The highest BCUT2D eigenvalue weighted by atomic mass is 16.1. The van der Waals surface area contributed by atoms with Crippen LogP contribution in [0.4, 0.5) is 0 Å². The van der Waals surface area contributed by atoms with Crippen LogP contribution in [-0.4, -0.2) is 15.8 Å². The van der Waals surface area contributed by atoms with Crippen LogP contribution in [0, 0.1) is 0 Å². The van der Waals surface area contributed by atoms with Crippen LogP contribution < -0.4 is 0 Å². The lowest BCUT2D eigenvalue weighted by molar-refractivity contribution is 0.112. The first kappa shape index (κ1) is 10.7. The molecule has 0 aliphatic carbocycles. The van der Waals surface area contributed by atoms with E-state index in [2.05, 4.69) is 27.9 Å². The molecule has 0 N–H and O–H groups in total. The number of para-hydroxylation sites is 1. The SMILES string of the molecule is Cn1cc(-c2cncc(C=O)c2)c2ccccc21. The van der Waals surface area contributed by atoms with Crippen molar-refractivity contribution in [2.24, 2.45) is 7.05 Å². The Morgan fingerprint density at radius 1 is 1.22 bits per heavy atom. The number of benzene rings is 1. The quantitative estimate of drug-likeness (QED) is 0.641. The number of rotatable bonds is 2. The van der Waals surface area contributed by atoms with Gasteiger partial charge in [0.1, 0.15) is 0 Å². The van der Waals surface area contributed by atoms with Gasteiger partial charge in [0.2, 0.25) is 0 Å². The van der Waals surface area contributed by atoms with E-state index in [1.165, 1.54) is 10.9 Å². The molecule has 0 saturated carbocycles. The first-order chi connectivity index (χ1) is 8.79. The average Bonchev–Trinajstić information content (AvgIpc) is 2.77. The summed E-state index contributed by atoms with van der Waals surface area (Å²) in [7, 11) is 2.02. The smallest absolute Gasteiger partial charge is 0.151 e. The number of hydrogen-bond acceptors (Lipinski definition) is 2. The third-order valence-electron chi connectivity index (χ3n) is 3.10. The molecular formula is C15H12N2O. The maximum absolute atomic E-state index is 10.8. The standard InChI is InChI=1S/C15H12N2O/c1-17-9-14(13-4-2-3-5-15(13)17)12-6-11(10-18)7-16-8-12/h2-10H,1H3. The summed E-state index contributed by atoms with van der Waals surface area (Å²) in [6.07, 6.45) is 6.24. The third-order valence-corrected chi connectivity index (χ3v) is 3.10. The van der Waals surface area contributed by atoms with Crippen LogP contribution >= 0.6 is 0 Å². The predicted octanol–water partition coefficient (Wildman–Crippen LogP) is 3.05. The summed E-state index contributed by atoms with van der Waals surface area (Å²) in [6, 6.07) is 10.1. The van der Waals surface area contributed by atoms with Crippen molar-refractivity contribution in [3.8, 4) is 11.1 Å². The molecule has 3 nitrogen and oxygen atoms in total. The molecule has 0 fully saturated rings. The van der Waals surface area contributed by atoms with Crippen LogP contribution in [-0.2, 0) is 7.05 Å². The van der Waals surface area contributed by atoms with Gasteiger partial charge >= 0.3 is 0 Å². The van der Waals surface area contributed by atoms with Gasteiger partial charge in [-0.3, -0.25) is 9.78 Å². The van der Waals surface area contributed by atoms with Crippen LogP contribution in [0.1, 0.15) is 10.4 Å². The Kier molecular flexibility index (Phi) is 2.45. The Bertz CT molecular complexity index is 728. The number of aryl methyl sites for hydroxylation is 1. The molecule has 2 aromatic heterocycles. The topological polar surface area (TPSA) is 34.9 Å². The molecule has 0 spiro atoms. The van der Waals surface area contributed by atoms with Crippen LogP contribution in [0.25, 0.3) is 22.0 Å². The molecule has 0 radical (unpaired) electrons. The third kappa shape index (κ3) is 1.61. The molecule has 1 aromatic carbocycles. The van der Waals surface area contributed by atoms with E-state index in [-0.39, 0.29) is 0 Å². The molecule has 0 bridgehead atoms. The molecule has 0 saturated heterocycles. The summed E-state index contributed by atoms with van der Waals surface area (Å²) in [5.74, 6) is 0. The summed E-state index contributed by atoms with van der Waals surface area (Å²) < 4.78 is 2.08. The van der Waals surface area contributed by atoms with Gasteiger partial charge in [-0.2, -0.15) is 0 Å². The first-order valence-corrected chi connectivity index (χ1v) is 5.74. The van der Waals surface area contributed by atoms with E-state index in [4.69, 9.17) is 0 Å². The normalized spacial score (nSPS) is 10.7. The number of pyridine rings is 1. The zero-order chi connectivity index (χ0) is 12.5. The minimum absolute atomic E-state index is 0.598. The number of nitrogens with zero attached hydrogens (tertiary/aromatic N) is 2. The van der Waals surface area contributed by atoms with Crippen LogP contribution in [0.15, 0.2) is 48.9 Å². The maximum atomic E-state index is 10.8. The lowest BCUT2D eigenvalue weighted by Gasteiger charge is -1.99. The highest BCUT2D eigenvalue weighted by molar-refractivity contribution is 5.96. The molecule has 0 aliphatic heterocycles. The van der Waals surface area contributed by atoms with E-state index >= 15 is 0 Å². The first-order valence-electron chi connectivity index (χ1n) is 5.74. The number of aromatic nitrogens is 2. The molecule has 3 aromatic rings. The van der Waals surface area contributed by atoms with Gasteiger partial charge < -0.3 is 4.57 Å². The van der Waals surface area contributed by atoms with Crippen molar-refractivity contribution in [1.29, 1.82) is 0 Å². The van der Waals surface area contributed by atoms with Gasteiger partial charge in [-0.25, -0.2) is 0 Å². The summed E-state index contributed by atoms with van der Waals surface area (Å²) in [5.41, 5.74) is 3.84. The Morgan fingerprint density at radius 2 is 2.06 bits per heavy atom. The molecule has 18 heavy (non-hydrogen) atoms. The van der Waals surface area contributed by atoms with Gasteiger partial charge in [0.25, 0.3) is 0 Å². The summed E-state index contributed by atoms with van der Waals surface area (Å²) in [4.78, 5) is 14.9. The molecule has 0 amide bonds. The molecule has 88 valence electrons. The Morgan fingerprint density at radius 3 is 2.89 bits per heavy atom. The molecule has 3 heteroatoms. The molecule has 0 unspecified atom stereocenters. The number of carbonyl (C=O) groups excluding carboxylic acids is 1. The lowest BCUT2D eigenvalue weighted by atomic mass is 10.1. The number of carbonyl (C=O) groups is 1. The number of hydrogen-bond donors (Lipinski definition) is 0. The van der Waals surface area contributed by atoms with Crippen LogP contribution in [0.5, 0.6) is 0 Å². The van der Waals surface area contributed by atoms with Gasteiger partial charge in [0.05, 0.1) is 0 Å². The van der Waals surface area contributed by atoms with Crippen molar-refractivity contribution >= 4 is 17.2 Å². The highest BCUT2D eigenvalue weighted by Gasteiger charge is 2.08. The second-order valence-electron chi connectivity index (χ2n) is 4.30. The lowest BCUT2D eigenvalue weighted by Crippen LogP contribution is -1.85. The van der Waals surface area contributed by atoms with Crippen LogP contribution in [0.2, 0.25) is 0 Å². The Hall–Kier alpha value is -2.42. The van der Waals surface area contributed by atoms with E-state index in [0.29, 0.717) is 5.56 Å². The van der Waals surface area contributed by atoms with Crippen molar-refractivity contribution in [2.45, 2.75) is 0 Å². The zero-order valence-electron chi connectivity index (χ0n) is 10.00. The second-order valence-corrected chi connectivity index (χ2v) is 4.30. The van der Waals surface area contributed by atoms with Crippen LogP contribution in [0.3, 0.4) is 0 Å². The fourth-order valence-corrected chi connectivity index (χ4v) is 2.24. The zero-order valence-corrected chi connectivity index (χ0v) is 10.00. The largest absolute Gasteiger partial charge is 0.350 e. The summed E-state index contributed by atoms with van der Waals surface area (Å²) in [5, 5.41) is 1.17. The predicted molar refractivity (Wildman–Crippen MR) is 71.5 cm³/mol.